The van der Waals surface area contributed by atoms with Crippen molar-refractivity contribution < 1.29 is 14.6 Å². The SMILES string of the molecule is COC(=O)c1cccc(N2CCC[C@H](O)C2)c1Cl. The Morgan fingerprint density at radius 1 is 1.56 bits per heavy atom. The van der Waals surface area contributed by atoms with Crippen LogP contribution in [0, 0.1) is 0 Å². The number of piperidine rings is 1. The monoisotopic (exact) mass is 269 g/mol. The van der Waals surface area contributed by atoms with E-state index in [0.717, 1.165) is 25.1 Å². The molecule has 18 heavy (non-hydrogen) atoms. The van der Waals surface area contributed by atoms with Crippen LogP contribution in [0.3, 0.4) is 0 Å². The summed E-state index contributed by atoms with van der Waals surface area (Å²) < 4.78 is 4.69. The summed E-state index contributed by atoms with van der Waals surface area (Å²) in [4.78, 5) is 13.6. The minimum atomic E-state index is -0.445. The molecule has 0 aliphatic carbocycles. The highest BCUT2D eigenvalue weighted by molar-refractivity contribution is 6.36. The van der Waals surface area contributed by atoms with Crippen molar-refractivity contribution in [3.05, 3.63) is 28.8 Å². The highest BCUT2D eigenvalue weighted by Gasteiger charge is 2.22. The van der Waals surface area contributed by atoms with Crippen molar-refractivity contribution in [1.29, 1.82) is 0 Å². The molecule has 1 aliphatic heterocycles. The second-order valence-corrected chi connectivity index (χ2v) is 4.75. The normalized spacial score (nSPS) is 19.7. The standard InChI is InChI=1S/C13H16ClNO3/c1-18-13(17)10-5-2-6-11(12(10)14)15-7-3-4-9(16)8-15/h2,5-6,9,16H,3-4,7-8H2,1H3/t9-/m0/s1. The molecule has 1 atom stereocenters. The highest BCUT2D eigenvalue weighted by atomic mass is 35.5. The van der Waals surface area contributed by atoms with Gasteiger partial charge in [0.15, 0.2) is 0 Å². The number of halogens is 1. The van der Waals surface area contributed by atoms with Gasteiger partial charge < -0.3 is 14.7 Å². The lowest BCUT2D eigenvalue weighted by molar-refractivity contribution is 0.0601. The van der Waals surface area contributed by atoms with Gasteiger partial charge in [0, 0.05) is 13.1 Å². The lowest BCUT2D eigenvalue weighted by atomic mass is 10.1. The van der Waals surface area contributed by atoms with Crippen LogP contribution in [0.15, 0.2) is 18.2 Å². The van der Waals surface area contributed by atoms with Gasteiger partial charge in [-0.1, -0.05) is 17.7 Å². The predicted octanol–water partition coefficient (Wildman–Crippen LogP) is 2.09. The summed E-state index contributed by atoms with van der Waals surface area (Å²) in [5, 5.41) is 10.1. The van der Waals surface area contributed by atoms with Crippen molar-refractivity contribution in [2.45, 2.75) is 18.9 Å². The third-order valence-electron chi connectivity index (χ3n) is 3.12. The molecule has 0 unspecified atom stereocenters. The summed E-state index contributed by atoms with van der Waals surface area (Å²) >= 11 is 6.24. The van der Waals surface area contributed by atoms with E-state index >= 15 is 0 Å². The number of carbonyl (C=O) groups excluding carboxylic acids is 1. The maximum atomic E-state index is 11.6. The molecule has 0 radical (unpaired) electrons. The second kappa shape index (κ2) is 5.59. The zero-order valence-corrected chi connectivity index (χ0v) is 11.0. The van der Waals surface area contributed by atoms with Crippen molar-refractivity contribution in [2.24, 2.45) is 0 Å². The third-order valence-corrected chi connectivity index (χ3v) is 3.52. The van der Waals surface area contributed by atoms with Crippen LogP contribution in [0.4, 0.5) is 5.69 Å². The number of hydrogen-bond acceptors (Lipinski definition) is 4. The molecule has 0 aromatic heterocycles. The molecule has 1 heterocycles. The fourth-order valence-electron chi connectivity index (χ4n) is 2.21. The molecular formula is C13H16ClNO3. The number of aliphatic hydroxyl groups excluding tert-OH is 1. The van der Waals surface area contributed by atoms with Crippen molar-refractivity contribution in [3.63, 3.8) is 0 Å². The average Bonchev–Trinajstić information content (AvgIpc) is 2.38. The lowest BCUT2D eigenvalue weighted by Crippen LogP contribution is -2.38. The molecule has 1 fully saturated rings. The quantitative estimate of drug-likeness (QED) is 0.836. The van der Waals surface area contributed by atoms with Crippen molar-refractivity contribution in [3.8, 4) is 0 Å². The van der Waals surface area contributed by atoms with E-state index in [9.17, 15) is 9.90 Å². The number of aliphatic hydroxyl groups is 1. The molecule has 1 aromatic carbocycles. The van der Waals surface area contributed by atoms with Gasteiger partial charge in [0.25, 0.3) is 0 Å². The van der Waals surface area contributed by atoms with Gasteiger partial charge in [0.2, 0.25) is 0 Å². The van der Waals surface area contributed by atoms with E-state index in [1.54, 1.807) is 12.1 Å². The van der Waals surface area contributed by atoms with Gasteiger partial charge in [-0.3, -0.25) is 0 Å². The number of rotatable bonds is 2. The number of methoxy groups -OCH3 is 1. The number of ether oxygens (including phenoxy) is 1. The third kappa shape index (κ3) is 2.60. The smallest absolute Gasteiger partial charge is 0.339 e. The number of β-amino-alcohol motifs (C(OH)–C–C–N with tert-alkyl or cyclic N) is 1. The molecular weight excluding hydrogens is 254 g/mol. The number of hydrogen-bond donors (Lipinski definition) is 1. The van der Waals surface area contributed by atoms with Gasteiger partial charge in [-0.05, 0) is 25.0 Å². The number of anilines is 1. The Morgan fingerprint density at radius 2 is 2.33 bits per heavy atom. The van der Waals surface area contributed by atoms with E-state index in [-0.39, 0.29) is 6.10 Å². The van der Waals surface area contributed by atoms with Crippen LogP contribution >= 0.6 is 11.6 Å². The number of esters is 1. The van der Waals surface area contributed by atoms with E-state index in [0.29, 0.717) is 17.1 Å². The molecule has 1 saturated heterocycles. The summed E-state index contributed by atoms with van der Waals surface area (Å²) in [6.07, 6.45) is 1.39. The molecule has 1 aromatic rings. The Morgan fingerprint density at radius 3 is 3.00 bits per heavy atom. The van der Waals surface area contributed by atoms with Crippen LogP contribution in [0.25, 0.3) is 0 Å². The Bertz CT molecular complexity index is 450. The van der Waals surface area contributed by atoms with E-state index in [1.165, 1.54) is 7.11 Å². The van der Waals surface area contributed by atoms with Crippen LogP contribution in [0.1, 0.15) is 23.2 Å². The highest BCUT2D eigenvalue weighted by Crippen LogP contribution is 2.31. The van der Waals surface area contributed by atoms with Crippen LogP contribution in [-0.2, 0) is 4.74 Å². The molecule has 0 bridgehead atoms. The first kappa shape index (κ1) is 13.2. The minimum absolute atomic E-state index is 0.336. The first-order chi connectivity index (χ1) is 8.63. The number of benzene rings is 1. The minimum Gasteiger partial charge on any atom is -0.465 e. The van der Waals surface area contributed by atoms with Crippen LogP contribution in [-0.4, -0.2) is 37.4 Å². The zero-order chi connectivity index (χ0) is 13.1. The molecule has 2 rings (SSSR count). The summed E-state index contributed by atoms with van der Waals surface area (Å²) in [6.45, 7) is 1.38. The Labute approximate surface area is 111 Å². The van der Waals surface area contributed by atoms with E-state index in [4.69, 9.17) is 11.6 Å². The molecule has 98 valence electrons. The fourth-order valence-corrected chi connectivity index (χ4v) is 2.53. The van der Waals surface area contributed by atoms with Crippen molar-refractivity contribution >= 4 is 23.3 Å². The summed E-state index contributed by atoms with van der Waals surface area (Å²) in [5.41, 5.74) is 1.13. The molecule has 1 N–H and O–H groups in total. The predicted molar refractivity (Wildman–Crippen MR) is 70.2 cm³/mol. The number of carbonyl (C=O) groups is 1. The van der Waals surface area contributed by atoms with Gasteiger partial charge in [-0.25, -0.2) is 4.79 Å². The van der Waals surface area contributed by atoms with Gasteiger partial charge in [-0.15, -0.1) is 0 Å². The summed E-state index contributed by atoms with van der Waals surface area (Å²) in [5.74, 6) is -0.445. The second-order valence-electron chi connectivity index (χ2n) is 4.37. The van der Waals surface area contributed by atoms with E-state index in [2.05, 4.69) is 4.74 Å². The molecule has 5 heteroatoms. The van der Waals surface area contributed by atoms with Crippen molar-refractivity contribution in [2.75, 3.05) is 25.1 Å². The van der Waals surface area contributed by atoms with E-state index in [1.807, 2.05) is 11.0 Å². The largest absolute Gasteiger partial charge is 0.465 e. The average molecular weight is 270 g/mol. The molecule has 0 saturated carbocycles. The van der Waals surface area contributed by atoms with Crippen LogP contribution in [0.2, 0.25) is 5.02 Å². The van der Waals surface area contributed by atoms with Gasteiger partial charge >= 0.3 is 5.97 Å². The summed E-state index contributed by atoms with van der Waals surface area (Å²) in [6, 6.07) is 5.26. The van der Waals surface area contributed by atoms with Crippen LogP contribution in [0.5, 0.6) is 0 Å². The maximum absolute atomic E-state index is 11.6. The first-order valence-electron chi connectivity index (χ1n) is 5.93. The van der Waals surface area contributed by atoms with Crippen LogP contribution < -0.4 is 4.90 Å². The number of nitrogens with zero attached hydrogens (tertiary/aromatic N) is 1. The molecule has 1 aliphatic rings. The Kier molecular flexibility index (Phi) is 4.09. The van der Waals surface area contributed by atoms with Crippen molar-refractivity contribution in [1.82, 2.24) is 0 Å². The van der Waals surface area contributed by atoms with E-state index < -0.39 is 5.97 Å². The summed E-state index contributed by atoms with van der Waals surface area (Å²) in [7, 11) is 1.33. The molecule has 0 spiro atoms. The maximum Gasteiger partial charge on any atom is 0.339 e. The van der Waals surface area contributed by atoms with Gasteiger partial charge in [0.05, 0.1) is 29.5 Å². The Balaban J connectivity index is 2.30. The topological polar surface area (TPSA) is 49.8 Å². The van der Waals surface area contributed by atoms with Gasteiger partial charge in [0.1, 0.15) is 0 Å². The molecule has 0 amide bonds. The first-order valence-corrected chi connectivity index (χ1v) is 6.31. The van der Waals surface area contributed by atoms with Gasteiger partial charge in [-0.2, -0.15) is 0 Å². The molecule has 4 nitrogen and oxygen atoms in total. The lowest BCUT2D eigenvalue weighted by Gasteiger charge is -2.32. The zero-order valence-electron chi connectivity index (χ0n) is 10.2. The fraction of sp³-hybridized carbons (Fsp3) is 0.462. The Hall–Kier alpha value is -1.26.